The molecule has 1 aliphatic heterocycles. The van der Waals surface area contributed by atoms with E-state index in [2.05, 4.69) is 32.7 Å². The van der Waals surface area contributed by atoms with E-state index in [1.54, 1.807) is 0 Å². The fraction of sp³-hybridized carbons (Fsp3) is 1.00. The van der Waals surface area contributed by atoms with Gasteiger partial charge in [0.05, 0.1) is 12.2 Å². The molecule has 14 heavy (non-hydrogen) atoms. The Morgan fingerprint density at radius 1 is 1.21 bits per heavy atom. The van der Waals surface area contributed by atoms with Crippen LogP contribution in [0.4, 0.5) is 0 Å². The third-order valence-corrected chi connectivity index (χ3v) is 2.79. The summed E-state index contributed by atoms with van der Waals surface area (Å²) in [6.07, 6.45) is 3.25. The summed E-state index contributed by atoms with van der Waals surface area (Å²) in [7, 11) is 3.20. The van der Waals surface area contributed by atoms with Crippen molar-refractivity contribution in [3.63, 3.8) is 0 Å². The normalized spacial score (nSPS) is 32.4. The molecule has 1 saturated heterocycles. The standard InChI is InChI=1S/C10H21NO.CH4O/c1-5-11(4)10-6-8(2)12-9(3)7-10;1-2/h8-10H,5-7H2,1-4H3;2H,1H3. The molecule has 1 heterocycles. The van der Waals surface area contributed by atoms with Crippen LogP contribution in [0.3, 0.4) is 0 Å². The van der Waals surface area contributed by atoms with Crippen molar-refractivity contribution in [1.82, 2.24) is 4.90 Å². The lowest BCUT2D eigenvalue weighted by Gasteiger charge is -2.37. The van der Waals surface area contributed by atoms with Crippen LogP contribution in [-0.2, 0) is 4.74 Å². The number of hydrogen-bond acceptors (Lipinski definition) is 3. The van der Waals surface area contributed by atoms with Gasteiger partial charge in [0.1, 0.15) is 0 Å². The first-order valence-electron chi connectivity index (χ1n) is 5.44. The van der Waals surface area contributed by atoms with E-state index in [1.807, 2.05) is 0 Å². The van der Waals surface area contributed by atoms with Crippen LogP contribution in [0, 0.1) is 0 Å². The van der Waals surface area contributed by atoms with Gasteiger partial charge in [-0.25, -0.2) is 0 Å². The molecule has 0 bridgehead atoms. The summed E-state index contributed by atoms with van der Waals surface area (Å²) in [4.78, 5) is 2.43. The zero-order chi connectivity index (χ0) is 11.1. The van der Waals surface area contributed by atoms with Crippen LogP contribution in [0.25, 0.3) is 0 Å². The molecule has 1 rings (SSSR count). The van der Waals surface area contributed by atoms with Crippen LogP contribution in [0.2, 0.25) is 0 Å². The van der Waals surface area contributed by atoms with Gasteiger partial charge in [0.25, 0.3) is 0 Å². The Morgan fingerprint density at radius 2 is 1.64 bits per heavy atom. The number of aliphatic hydroxyl groups is 1. The van der Waals surface area contributed by atoms with Gasteiger partial charge in [-0.1, -0.05) is 6.92 Å². The highest BCUT2D eigenvalue weighted by atomic mass is 16.5. The maximum absolute atomic E-state index is 7.00. The van der Waals surface area contributed by atoms with Crippen molar-refractivity contribution in [3.8, 4) is 0 Å². The smallest absolute Gasteiger partial charge is 0.0565 e. The second-order valence-electron chi connectivity index (χ2n) is 3.96. The highest BCUT2D eigenvalue weighted by molar-refractivity contribution is 4.78. The first kappa shape index (κ1) is 13.9. The number of aliphatic hydroxyl groups excluding tert-OH is 1. The Hall–Kier alpha value is -0.120. The quantitative estimate of drug-likeness (QED) is 0.738. The fourth-order valence-corrected chi connectivity index (χ4v) is 1.99. The zero-order valence-electron chi connectivity index (χ0n) is 10.2. The minimum atomic E-state index is 0.438. The van der Waals surface area contributed by atoms with Gasteiger partial charge in [0.15, 0.2) is 0 Å². The van der Waals surface area contributed by atoms with Crippen molar-refractivity contribution < 1.29 is 9.84 Å². The van der Waals surface area contributed by atoms with E-state index in [0.29, 0.717) is 12.2 Å². The molecule has 0 spiro atoms. The minimum Gasteiger partial charge on any atom is -0.400 e. The molecule has 0 amide bonds. The molecule has 86 valence electrons. The van der Waals surface area contributed by atoms with Crippen molar-refractivity contribution in [2.24, 2.45) is 0 Å². The Bertz CT molecular complexity index is 131. The molecular weight excluding hydrogens is 178 g/mol. The molecule has 0 aromatic carbocycles. The molecular formula is C11H25NO2. The van der Waals surface area contributed by atoms with Gasteiger partial charge >= 0.3 is 0 Å². The number of nitrogens with zero attached hydrogens (tertiary/aromatic N) is 1. The van der Waals surface area contributed by atoms with E-state index in [4.69, 9.17) is 9.84 Å². The van der Waals surface area contributed by atoms with Crippen molar-refractivity contribution in [1.29, 1.82) is 0 Å². The lowest BCUT2D eigenvalue weighted by atomic mass is 9.99. The van der Waals surface area contributed by atoms with Crippen LogP contribution in [-0.4, -0.2) is 49.0 Å². The monoisotopic (exact) mass is 203 g/mol. The predicted octanol–water partition coefficient (Wildman–Crippen LogP) is 1.50. The van der Waals surface area contributed by atoms with Gasteiger partial charge in [-0.2, -0.15) is 0 Å². The van der Waals surface area contributed by atoms with Crippen LogP contribution < -0.4 is 0 Å². The van der Waals surface area contributed by atoms with Gasteiger partial charge in [0.2, 0.25) is 0 Å². The lowest BCUT2D eigenvalue weighted by Crippen LogP contribution is -2.42. The molecule has 3 heteroatoms. The Balaban J connectivity index is 0.000000791. The van der Waals surface area contributed by atoms with Gasteiger partial charge in [-0.15, -0.1) is 0 Å². The largest absolute Gasteiger partial charge is 0.400 e. The summed E-state index contributed by atoms with van der Waals surface area (Å²) in [5.41, 5.74) is 0. The number of hydrogen-bond donors (Lipinski definition) is 1. The Morgan fingerprint density at radius 3 is 2.00 bits per heavy atom. The Labute approximate surface area is 88.1 Å². The Kier molecular flexibility index (Phi) is 7.15. The summed E-state index contributed by atoms with van der Waals surface area (Å²) >= 11 is 0. The minimum absolute atomic E-state index is 0.438. The van der Waals surface area contributed by atoms with Crippen LogP contribution in [0.15, 0.2) is 0 Å². The lowest BCUT2D eigenvalue weighted by molar-refractivity contribution is -0.0605. The molecule has 0 aliphatic carbocycles. The maximum atomic E-state index is 7.00. The highest BCUT2D eigenvalue weighted by Crippen LogP contribution is 2.22. The van der Waals surface area contributed by atoms with Gasteiger partial charge in [0, 0.05) is 13.2 Å². The molecule has 3 nitrogen and oxygen atoms in total. The average molecular weight is 203 g/mol. The van der Waals surface area contributed by atoms with Gasteiger partial charge in [-0.3, -0.25) is 0 Å². The second kappa shape index (κ2) is 7.21. The summed E-state index contributed by atoms with van der Waals surface area (Å²) in [6.45, 7) is 7.70. The SMILES string of the molecule is CCN(C)C1CC(C)OC(C)C1.CO. The zero-order valence-corrected chi connectivity index (χ0v) is 10.2. The average Bonchev–Trinajstić information content (AvgIpc) is 2.18. The summed E-state index contributed by atoms with van der Waals surface area (Å²) in [6, 6.07) is 0.730. The topological polar surface area (TPSA) is 32.7 Å². The summed E-state index contributed by atoms with van der Waals surface area (Å²) < 4.78 is 5.68. The van der Waals surface area contributed by atoms with E-state index in [1.165, 1.54) is 12.8 Å². The number of ether oxygens (including phenoxy) is 1. The van der Waals surface area contributed by atoms with Crippen LogP contribution >= 0.6 is 0 Å². The molecule has 1 fully saturated rings. The molecule has 2 atom stereocenters. The van der Waals surface area contributed by atoms with E-state index in [9.17, 15) is 0 Å². The summed E-state index contributed by atoms with van der Waals surface area (Å²) in [5, 5.41) is 7.00. The van der Waals surface area contributed by atoms with Crippen LogP contribution in [0.5, 0.6) is 0 Å². The fourth-order valence-electron chi connectivity index (χ4n) is 1.99. The first-order valence-corrected chi connectivity index (χ1v) is 5.44. The maximum Gasteiger partial charge on any atom is 0.0565 e. The molecule has 0 aromatic rings. The first-order chi connectivity index (χ1) is 6.63. The van der Waals surface area contributed by atoms with E-state index in [0.717, 1.165) is 19.7 Å². The highest BCUT2D eigenvalue weighted by Gasteiger charge is 2.26. The van der Waals surface area contributed by atoms with Crippen molar-refractivity contribution in [3.05, 3.63) is 0 Å². The molecule has 1 N–H and O–H groups in total. The van der Waals surface area contributed by atoms with E-state index < -0.39 is 0 Å². The third-order valence-electron chi connectivity index (χ3n) is 2.79. The van der Waals surface area contributed by atoms with Gasteiger partial charge < -0.3 is 14.7 Å². The molecule has 2 unspecified atom stereocenters. The predicted molar refractivity (Wildman–Crippen MR) is 59.5 cm³/mol. The number of rotatable bonds is 2. The molecule has 0 radical (unpaired) electrons. The molecule has 0 saturated carbocycles. The second-order valence-corrected chi connectivity index (χ2v) is 3.96. The van der Waals surface area contributed by atoms with E-state index >= 15 is 0 Å². The van der Waals surface area contributed by atoms with Crippen molar-refractivity contribution in [2.45, 2.75) is 51.9 Å². The van der Waals surface area contributed by atoms with Crippen LogP contribution in [0.1, 0.15) is 33.6 Å². The van der Waals surface area contributed by atoms with E-state index in [-0.39, 0.29) is 0 Å². The third kappa shape index (κ3) is 4.40. The molecule has 1 aliphatic rings. The van der Waals surface area contributed by atoms with Crippen molar-refractivity contribution in [2.75, 3.05) is 20.7 Å². The van der Waals surface area contributed by atoms with Gasteiger partial charge in [-0.05, 0) is 40.3 Å². The molecule has 0 aromatic heterocycles. The summed E-state index contributed by atoms with van der Waals surface area (Å²) in [5.74, 6) is 0. The van der Waals surface area contributed by atoms with Crippen molar-refractivity contribution >= 4 is 0 Å².